The van der Waals surface area contributed by atoms with Crippen LogP contribution >= 0.6 is 11.3 Å². The molecule has 6 nitrogen and oxygen atoms in total. The molecule has 2 aromatic heterocycles. The van der Waals surface area contributed by atoms with Crippen molar-refractivity contribution in [2.45, 2.75) is 13.8 Å². The summed E-state index contributed by atoms with van der Waals surface area (Å²) in [5, 5.41) is 6.59. The first-order valence-corrected chi connectivity index (χ1v) is 6.15. The van der Waals surface area contributed by atoms with E-state index in [1.807, 2.05) is 29.9 Å². The monoisotopic (exact) mass is 263 g/mol. The minimum Gasteiger partial charge on any atom is -0.350 e. The summed E-state index contributed by atoms with van der Waals surface area (Å²) >= 11 is 1.56. The van der Waals surface area contributed by atoms with Gasteiger partial charge in [-0.3, -0.25) is 4.57 Å². The fraction of sp³-hybridized carbons (Fsp3) is 0.182. The second-order valence-corrected chi connectivity index (χ2v) is 4.58. The van der Waals surface area contributed by atoms with Crippen LogP contribution in [-0.4, -0.2) is 21.8 Å². The highest BCUT2D eigenvalue weighted by Crippen LogP contribution is 2.20. The number of rotatable bonds is 3. The lowest BCUT2D eigenvalue weighted by Gasteiger charge is -2.04. The van der Waals surface area contributed by atoms with Gasteiger partial charge < -0.3 is 5.73 Å². The van der Waals surface area contributed by atoms with Crippen LogP contribution in [0.3, 0.4) is 0 Å². The zero-order valence-electron chi connectivity index (χ0n) is 10.0. The average Bonchev–Trinajstić information content (AvgIpc) is 2.88. The predicted molar refractivity (Wildman–Crippen MR) is 71.2 cm³/mol. The third-order valence-electron chi connectivity index (χ3n) is 2.46. The number of amides is 2. The van der Waals surface area contributed by atoms with Gasteiger partial charge in [-0.2, -0.15) is 5.10 Å². The molecule has 0 radical (unpaired) electrons. The Bertz CT molecular complexity index is 585. The van der Waals surface area contributed by atoms with Crippen molar-refractivity contribution < 1.29 is 4.79 Å². The van der Waals surface area contributed by atoms with E-state index in [0.717, 1.165) is 22.1 Å². The van der Waals surface area contributed by atoms with Crippen molar-refractivity contribution in [2.24, 2.45) is 10.8 Å². The number of primary amides is 1. The lowest BCUT2D eigenvalue weighted by molar-refractivity contribution is 0.249. The van der Waals surface area contributed by atoms with Gasteiger partial charge in [0, 0.05) is 28.5 Å². The molecule has 0 spiro atoms. The Kier molecular flexibility index (Phi) is 3.42. The van der Waals surface area contributed by atoms with Crippen molar-refractivity contribution in [3.63, 3.8) is 0 Å². The normalized spacial score (nSPS) is 11.0. The largest absolute Gasteiger partial charge is 0.350 e. The highest BCUT2D eigenvalue weighted by Gasteiger charge is 2.10. The standard InChI is InChI=1S/C11H13N5OS/c1-7-5-9(6-14-15-10(12)17)8(2)16(7)11-13-3-4-18-11/h3-6H,1-2H3,(H3,12,15,17)/b14-6-. The molecule has 2 heterocycles. The third kappa shape index (κ3) is 2.40. The average molecular weight is 263 g/mol. The van der Waals surface area contributed by atoms with Gasteiger partial charge in [-0.1, -0.05) is 0 Å². The fourth-order valence-electron chi connectivity index (χ4n) is 1.70. The minimum absolute atomic E-state index is 0.681. The summed E-state index contributed by atoms with van der Waals surface area (Å²) in [5.41, 5.74) is 10.1. The first-order valence-electron chi connectivity index (χ1n) is 5.27. The van der Waals surface area contributed by atoms with Gasteiger partial charge in [0.05, 0.1) is 6.21 Å². The van der Waals surface area contributed by atoms with Crippen LogP contribution in [0, 0.1) is 13.8 Å². The predicted octanol–water partition coefficient (Wildman–Crippen LogP) is 1.55. The maximum absolute atomic E-state index is 10.5. The van der Waals surface area contributed by atoms with Gasteiger partial charge in [0.2, 0.25) is 0 Å². The second kappa shape index (κ2) is 5.01. The summed E-state index contributed by atoms with van der Waals surface area (Å²) < 4.78 is 2.04. The number of carbonyl (C=O) groups excluding carboxylic acids is 1. The Morgan fingerprint density at radius 2 is 2.39 bits per heavy atom. The summed E-state index contributed by atoms with van der Waals surface area (Å²) in [6.45, 7) is 3.97. The van der Waals surface area contributed by atoms with E-state index in [9.17, 15) is 4.79 Å². The topological polar surface area (TPSA) is 85.3 Å². The minimum atomic E-state index is -0.681. The van der Waals surface area contributed by atoms with Gasteiger partial charge in [0.15, 0.2) is 5.13 Å². The van der Waals surface area contributed by atoms with Crippen molar-refractivity contribution in [2.75, 3.05) is 0 Å². The number of nitrogens with zero attached hydrogens (tertiary/aromatic N) is 3. The molecular weight excluding hydrogens is 250 g/mol. The van der Waals surface area contributed by atoms with Crippen molar-refractivity contribution in [3.05, 3.63) is 34.6 Å². The maximum atomic E-state index is 10.5. The molecule has 2 rings (SSSR count). The van der Waals surface area contributed by atoms with Crippen LogP contribution in [0.5, 0.6) is 0 Å². The molecule has 0 saturated heterocycles. The molecule has 0 bridgehead atoms. The zero-order valence-corrected chi connectivity index (χ0v) is 10.9. The third-order valence-corrected chi connectivity index (χ3v) is 3.22. The number of thiazole rings is 1. The number of aromatic nitrogens is 2. The zero-order chi connectivity index (χ0) is 13.1. The molecule has 0 unspecified atom stereocenters. The number of hydrogen-bond donors (Lipinski definition) is 2. The molecule has 0 aliphatic heterocycles. The smallest absolute Gasteiger partial charge is 0.332 e. The Morgan fingerprint density at radius 1 is 1.61 bits per heavy atom. The van der Waals surface area contributed by atoms with Crippen LogP contribution in [0.15, 0.2) is 22.7 Å². The fourth-order valence-corrected chi connectivity index (χ4v) is 2.46. The first kappa shape index (κ1) is 12.3. The van der Waals surface area contributed by atoms with E-state index >= 15 is 0 Å². The van der Waals surface area contributed by atoms with E-state index in [1.165, 1.54) is 0 Å². The molecule has 3 N–H and O–H groups in total. The summed E-state index contributed by atoms with van der Waals surface area (Å²) in [6.07, 6.45) is 3.33. The second-order valence-electron chi connectivity index (χ2n) is 3.71. The Labute approximate surface area is 108 Å². The van der Waals surface area contributed by atoms with Crippen LogP contribution in [0.2, 0.25) is 0 Å². The summed E-state index contributed by atoms with van der Waals surface area (Å²) in [6, 6.07) is 1.29. The Hall–Kier alpha value is -2.15. The van der Waals surface area contributed by atoms with Gasteiger partial charge in [-0.25, -0.2) is 15.2 Å². The molecule has 0 aliphatic rings. The molecular formula is C11H13N5OS. The molecule has 2 amide bonds. The van der Waals surface area contributed by atoms with Crippen molar-refractivity contribution >= 4 is 23.6 Å². The molecule has 0 fully saturated rings. The summed E-state index contributed by atoms with van der Waals surface area (Å²) in [4.78, 5) is 14.8. The molecule has 0 atom stereocenters. The number of carbonyl (C=O) groups is 1. The van der Waals surface area contributed by atoms with Gasteiger partial charge >= 0.3 is 6.03 Å². The van der Waals surface area contributed by atoms with Crippen molar-refractivity contribution in [3.8, 4) is 5.13 Å². The van der Waals surface area contributed by atoms with Crippen LogP contribution in [-0.2, 0) is 0 Å². The number of aryl methyl sites for hydroxylation is 1. The van der Waals surface area contributed by atoms with Crippen molar-refractivity contribution in [1.82, 2.24) is 15.0 Å². The van der Waals surface area contributed by atoms with Crippen LogP contribution in [0.1, 0.15) is 17.0 Å². The first-order chi connectivity index (χ1) is 8.59. The molecule has 18 heavy (non-hydrogen) atoms. The summed E-state index contributed by atoms with van der Waals surface area (Å²) in [5.74, 6) is 0. The van der Waals surface area contributed by atoms with Crippen LogP contribution in [0.25, 0.3) is 5.13 Å². The highest BCUT2D eigenvalue weighted by molar-refractivity contribution is 7.12. The summed E-state index contributed by atoms with van der Waals surface area (Å²) in [7, 11) is 0. The van der Waals surface area contributed by atoms with Gasteiger partial charge in [-0.15, -0.1) is 11.3 Å². The van der Waals surface area contributed by atoms with E-state index < -0.39 is 6.03 Å². The number of hydrazone groups is 1. The van der Waals surface area contributed by atoms with Gasteiger partial charge in [0.1, 0.15) is 0 Å². The van der Waals surface area contributed by atoms with E-state index in [0.29, 0.717) is 0 Å². The van der Waals surface area contributed by atoms with Gasteiger partial charge in [0.25, 0.3) is 0 Å². The van der Waals surface area contributed by atoms with E-state index in [-0.39, 0.29) is 0 Å². The van der Waals surface area contributed by atoms with Crippen molar-refractivity contribution in [1.29, 1.82) is 0 Å². The molecule has 0 saturated carbocycles. The quantitative estimate of drug-likeness (QED) is 0.650. The molecule has 7 heteroatoms. The molecule has 0 aliphatic carbocycles. The van der Waals surface area contributed by atoms with E-state index in [4.69, 9.17) is 5.73 Å². The lowest BCUT2D eigenvalue weighted by atomic mass is 10.3. The molecule has 94 valence electrons. The van der Waals surface area contributed by atoms with E-state index in [1.54, 1.807) is 23.7 Å². The SMILES string of the molecule is Cc1cc(/C=N\NC(N)=O)c(C)n1-c1nccs1. The lowest BCUT2D eigenvalue weighted by Crippen LogP contribution is -2.24. The Balaban J connectivity index is 2.32. The number of hydrogen-bond acceptors (Lipinski definition) is 4. The van der Waals surface area contributed by atoms with Crippen LogP contribution in [0.4, 0.5) is 4.79 Å². The number of nitrogens with one attached hydrogen (secondary N) is 1. The maximum Gasteiger partial charge on any atom is 0.332 e. The highest BCUT2D eigenvalue weighted by atomic mass is 32.1. The van der Waals surface area contributed by atoms with Crippen LogP contribution < -0.4 is 11.2 Å². The number of urea groups is 1. The molecule has 0 aromatic carbocycles. The number of nitrogens with two attached hydrogens (primary N) is 1. The molecule has 2 aromatic rings. The van der Waals surface area contributed by atoms with E-state index in [2.05, 4.69) is 15.5 Å². The van der Waals surface area contributed by atoms with Gasteiger partial charge in [-0.05, 0) is 19.9 Å². The Morgan fingerprint density at radius 3 is 3.00 bits per heavy atom.